The summed E-state index contributed by atoms with van der Waals surface area (Å²) in [4.78, 5) is 4.19. The van der Waals surface area contributed by atoms with Crippen LogP contribution < -0.4 is 10.1 Å². The molecule has 3 aromatic rings. The Morgan fingerprint density at radius 2 is 2.15 bits per heavy atom. The minimum atomic E-state index is 0.666. The molecule has 0 aliphatic heterocycles. The second-order valence-electron chi connectivity index (χ2n) is 4.68. The molecule has 0 bridgehead atoms. The van der Waals surface area contributed by atoms with Crippen molar-refractivity contribution in [2.45, 2.75) is 13.5 Å². The molecule has 2 heterocycles. The van der Waals surface area contributed by atoms with Gasteiger partial charge in [0, 0.05) is 12.6 Å². The number of pyridine rings is 1. The molecule has 5 heteroatoms. The Bertz CT molecular complexity index is 736. The molecule has 0 fully saturated rings. The third-order valence-electron chi connectivity index (χ3n) is 2.99. The zero-order chi connectivity index (χ0) is 13.9. The Morgan fingerprint density at radius 1 is 1.25 bits per heavy atom. The monoisotopic (exact) mass is 268 g/mol. The molecule has 5 nitrogen and oxygen atoms in total. The topological polar surface area (TPSA) is 51.5 Å². The quantitative estimate of drug-likeness (QED) is 0.790. The van der Waals surface area contributed by atoms with Gasteiger partial charge in [-0.3, -0.25) is 0 Å². The highest BCUT2D eigenvalue weighted by molar-refractivity contribution is 5.44. The van der Waals surface area contributed by atoms with Crippen molar-refractivity contribution in [3.8, 4) is 11.6 Å². The summed E-state index contributed by atoms with van der Waals surface area (Å²) in [5.41, 5.74) is 3.05. The minimum absolute atomic E-state index is 0.666. The Morgan fingerprint density at radius 3 is 3.00 bits per heavy atom. The van der Waals surface area contributed by atoms with Gasteiger partial charge in [0.2, 0.25) is 5.88 Å². The van der Waals surface area contributed by atoms with E-state index in [4.69, 9.17) is 4.74 Å². The molecular weight excluding hydrogens is 252 g/mol. The average molecular weight is 268 g/mol. The van der Waals surface area contributed by atoms with Gasteiger partial charge in [0.25, 0.3) is 0 Å². The van der Waals surface area contributed by atoms with Crippen LogP contribution in [0.3, 0.4) is 0 Å². The first-order valence-corrected chi connectivity index (χ1v) is 6.48. The molecule has 0 amide bonds. The number of aromatic nitrogens is 3. The standard InChI is InChI=1S/C15H16N4O/c1-11-6-14-17-10-18-19(14)15(7-11)20-13-5-3-4-12(8-13)9-16-2/h3-8,10,16H,9H2,1-2H3. The van der Waals surface area contributed by atoms with E-state index in [0.29, 0.717) is 5.88 Å². The number of benzene rings is 1. The third-order valence-corrected chi connectivity index (χ3v) is 2.99. The number of fused-ring (bicyclic) bond motifs is 1. The van der Waals surface area contributed by atoms with Gasteiger partial charge in [-0.1, -0.05) is 12.1 Å². The summed E-state index contributed by atoms with van der Waals surface area (Å²) in [6.45, 7) is 2.82. The summed E-state index contributed by atoms with van der Waals surface area (Å²) in [6.07, 6.45) is 1.53. The van der Waals surface area contributed by atoms with Crippen LogP contribution in [0.2, 0.25) is 0 Å². The van der Waals surface area contributed by atoms with Crippen molar-refractivity contribution in [1.29, 1.82) is 0 Å². The maximum atomic E-state index is 5.95. The largest absolute Gasteiger partial charge is 0.439 e. The predicted molar refractivity (Wildman–Crippen MR) is 77.0 cm³/mol. The van der Waals surface area contributed by atoms with Gasteiger partial charge in [0.05, 0.1) is 0 Å². The number of rotatable bonds is 4. The number of hydrogen-bond acceptors (Lipinski definition) is 4. The van der Waals surface area contributed by atoms with E-state index in [2.05, 4.69) is 21.5 Å². The van der Waals surface area contributed by atoms with Crippen molar-refractivity contribution >= 4 is 5.65 Å². The molecule has 0 saturated carbocycles. The predicted octanol–water partition coefficient (Wildman–Crippen LogP) is 2.55. The molecule has 0 saturated heterocycles. The molecule has 0 aliphatic carbocycles. The maximum absolute atomic E-state index is 5.95. The van der Waals surface area contributed by atoms with Crippen LogP contribution in [0.1, 0.15) is 11.1 Å². The van der Waals surface area contributed by atoms with Gasteiger partial charge in [-0.2, -0.15) is 9.61 Å². The van der Waals surface area contributed by atoms with Gasteiger partial charge in [-0.05, 0) is 43.3 Å². The van der Waals surface area contributed by atoms with Crippen LogP contribution in [0, 0.1) is 6.92 Å². The molecule has 0 unspecified atom stereocenters. The fourth-order valence-corrected chi connectivity index (χ4v) is 2.14. The Kier molecular flexibility index (Phi) is 3.35. The minimum Gasteiger partial charge on any atom is -0.439 e. The first-order valence-electron chi connectivity index (χ1n) is 6.48. The highest BCUT2D eigenvalue weighted by Crippen LogP contribution is 2.23. The Balaban J connectivity index is 1.96. The second kappa shape index (κ2) is 5.30. The third kappa shape index (κ3) is 2.48. The van der Waals surface area contributed by atoms with Crippen LogP contribution in [0.15, 0.2) is 42.7 Å². The van der Waals surface area contributed by atoms with Crippen molar-refractivity contribution in [3.63, 3.8) is 0 Å². The lowest BCUT2D eigenvalue weighted by Gasteiger charge is -2.09. The molecule has 20 heavy (non-hydrogen) atoms. The molecule has 0 spiro atoms. The smallest absolute Gasteiger partial charge is 0.222 e. The number of ether oxygens (including phenoxy) is 1. The van der Waals surface area contributed by atoms with Crippen LogP contribution >= 0.6 is 0 Å². The fourth-order valence-electron chi connectivity index (χ4n) is 2.14. The lowest BCUT2D eigenvalue weighted by molar-refractivity contribution is 0.446. The SMILES string of the molecule is CNCc1cccc(Oc2cc(C)cc3ncnn23)c1. The molecule has 0 radical (unpaired) electrons. The first kappa shape index (κ1) is 12.6. The summed E-state index contributed by atoms with van der Waals surface area (Å²) in [7, 11) is 1.92. The zero-order valence-corrected chi connectivity index (χ0v) is 11.5. The average Bonchev–Trinajstić information content (AvgIpc) is 2.87. The molecule has 3 rings (SSSR count). The number of nitrogens with zero attached hydrogens (tertiary/aromatic N) is 3. The van der Waals surface area contributed by atoms with Crippen LogP contribution in [0.25, 0.3) is 5.65 Å². The van der Waals surface area contributed by atoms with Crippen molar-refractivity contribution in [3.05, 3.63) is 53.9 Å². The lowest BCUT2D eigenvalue weighted by atomic mass is 10.2. The maximum Gasteiger partial charge on any atom is 0.222 e. The highest BCUT2D eigenvalue weighted by atomic mass is 16.5. The molecule has 1 N–H and O–H groups in total. The number of aryl methyl sites for hydroxylation is 1. The summed E-state index contributed by atoms with van der Waals surface area (Å²) >= 11 is 0. The van der Waals surface area contributed by atoms with E-state index in [1.807, 2.05) is 44.3 Å². The van der Waals surface area contributed by atoms with E-state index in [9.17, 15) is 0 Å². The Labute approximate surface area is 117 Å². The molecule has 2 aromatic heterocycles. The van der Waals surface area contributed by atoms with Gasteiger partial charge < -0.3 is 10.1 Å². The van der Waals surface area contributed by atoms with Gasteiger partial charge in [-0.25, -0.2) is 4.98 Å². The van der Waals surface area contributed by atoms with E-state index in [1.54, 1.807) is 4.52 Å². The molecule has 102 valence electrons. The van der Waals surface area contributed by atoms with Crippen LogP contribution in [0.5, 0.6) is 11.6 Å². The number of hydrogen-bond donors (Lipinski definition) is 1. The first-order chi connectivity index (χ1) is 9.76. The van der Waals surface area contributed by atoms with Gasteiger partial charge >= 0.3 is 0 Å². The van der Waals surface area contributed by atoms with Crippen molar-refractivity contribution in [1.82, 2.24) is 19.9 Å². The molecule has 0 aliphatic rings. The van der Waals surface area contributed by atoms with E-state index in [0.717, 1.165) is 23.5 Å². The van der Waals surface area contributed by atoms with E-state index >= 15 is 0 Å². The van der Waals surface area contributed by atoms with Crippen molar-refractivity contribution in [2.75, 3.05) is 7.05 Å². The van der Waals surface area contributed by atoms with Crippen LogP contribution in [0.4, 0.5) is 0 Å². The van der Waals surface area contributed by atoms with E-state index in [1.165, 1.54) is 11.9 Å². The van der Waals surface area contributed by atoms with Crippen molar-refractivity contribution < 1.29 is 4.74 Å². The molecular formula is C15H16N4O. The summed E-state index contributed by atoms with van der Waals surface area (Å²) < 4.78 is 7.64. The summed E-state index contributed by atoms with van der Waals surface area (Å²) in [6, 6.07) is 11.9. The normalized spacial score (nSPS) is 10.9. The van der Waals surface area contributed by atoms with Gasteiger partial charge in [-0.15, -0.1) is 0 Å². The molecule has 0 atom stereocenters. The molecule has 1 aromatic carbocycles. The Hall–Kier alpha value is -2.40. The fraction of sp³-hybridized carbons (Fsp3) is 0.200. The highest BCUT2D eigenvalue weighted by Gasteiger charge is 2.06. The summed E-state index contributed by atoms with van der Waals surface area (Å²) in [5, 5.41) is 7.31. The van der Waals surface area contributed by atoms with Crippen molar-refractivity contribution in [2.24, 2.45) is 0 Å². The zero-order valence-electron chi connectivity index (χ0n) is 11.5. The van der Waals surface area contributed by atoms with Crippen LogP contribution in [-0.4, -0.2) is 21.6 Å². The number of nitrogens with one attached hydrogen (secondary N) is 1. The van der Waals surface area contributed by atoms with Gasteiger partial charge in [0.15, 0.2) is 5.65 Å². The van der Waals surface area contributed by atoms with Gasteiger partial charge in [0.1, 0.15) is 12.1 Å². The van der Waals surface area contributed by atoms with E-state index in [-0.39, 0.29) is 0 Å². The van der Waals surface area contributed by atoms with Crippen LogP contribution in [-0.2, 0) is 6.54 Å². The summed E-state index contributed by atoms with van der Waals surface area (Å²) in [5.74, 6) is 1.46. The van der Waals surface area contributed by atoms with E-state index < -0.39 is 0 Å². The lowest BCUT2D eigenvalue weighted by Crippen LogP contribution is -2.05. The second-order valence-corrected chi connectivity index (χ2v) is 4.68.